The molecule has 0 spiro atoms. The zero-order valence-electron chi connectivity index (χ0n) is 16.4. The van der Waals surface area contributed by atoms with E-state index >= 15 is 0 Å². The average molecular weight is 371 g/mol. The number of aromatic nitrogens is 4. The van der Waals surface area contributed by atoms with E-state index in [2.05, 4.69) is 54.6 Å². The van der Waals surface area contributed by atoms with E-state index in [9.17, 15) is 0 Å². The third-order valence-corrected chi connectivity index (χ3v) is 4.72. The predicted molar refractivity (Wildman–Crippen MR) is 108 cm³/mol. The van der Waals surface area contributed by atoms with Gasteiger partial charge in [0.15, 0.2) is 5.96 Å². The zero-order valence-corrected chi connectivity index (χ0v) is 16.4. The minimum atomic E-state index is 0.578. The number of nitrogens with zero attached hydrogens (tertiary/aromatic N) is 6. The Morgan fingerprint density at radius 2 is 1.93 bits per heavy atom. The first kappa shape index (κ1) is 19.1. The maximum absolute atomic E-state index is 4.66. The van der Waals surface area contributed by atoms with Crippen molar-refractivity contribution < 1.29 is 0 Å². The summed E-state index contributed by atoms with van der Waals surface area (Å²) in [4.78, 5) is 15.9. The summed E-state index contributed by atoms with van der Waals surface area (Å²) in [5.74, 6) is 2.71. The van der Waals surface area contributed by atoms with E-state index in [-0.39, 0.29) is 0 Å². The highest BCUT2D eigenvalue weighted by atomic mass is 15.3. The molecule has 0 bridgehead atoms. The van der Waals surface area contributed by atoms with Gasteiger partial charge in [-0.3, -0.25) is 4.68 Å². The Hall–Kier alpha value is -2.64. The lowest BCUT2D eigenvalue weighted by molar-refractivity contribution is 0.673. The van der Waals surface area contributed by atoms with Gasteiger partial charge in [0.2, 0.25) is 0 Å². The number of hydrogen-bond acceptors (Lipinski definition) is 5. The predicted octanol–water partition coefficient (Wildman–Crippen LogP) is 1.85. The summed E-state index contributed by atoms with van der Waals surface area (Å²) in [6.07, 6.45) is 8.68. The number of guanidine groups is 1. The van der Waals surface area contributed by atoms with Crippen LogP contribution in [0.2, 0.25) is 0 Å². The molecule has 1 aliphatic heterocycles. The zero-order chi connectivity index (χ0) is 18.9. The Morgan fingerprint density at radius 1 is 1.11 bits per heavy atom. The van der Waals surface area contributed by atoms with Crippen molar-refractivity contribution in [2.45, 2.75) is 45.7 Å². The van der Waals surface area contributed by atoms with Crippen molar-refractivity contribution in [1.29, 1.82) is 0 Å². The number of rotatable bonds is 6. The number of aliphatic imine (C=N–C) groups is 1. The number of nitrogens with one attached hydrogen (secondary N) is 2. The summed E-state index contributed by atoms with van der Waals surface area (Å²) < 4.78 is 1.75. The summed E-state index contributed by atoms with van der Waals surface area (Å²) in [7, 11) is 1.88. The largest absolute Gasteiger partial charge is 0.357 e. The second kappa shape index (κ2) is 9.89. The number of pyridine rings is 1. The van der Waals surface area contributed by atoms with Crippen molar-refractivity contribution in [3.05, 3.63) is 36.0 Å². The first-order valence-electron chi connectivity index (χ1n) is 9.81. The summed E-state index contributed by atoms with van der Waals surface area (Å²) in [6.45, 7) is 6.24. The average Bonchev–Trinajstić information content (AvgIpc) is 2.93. The highest BCUT2D eigenvalue weighted by Crippen LogP contribution is 2.17. The fourth-order valence-electron chi connectivity index (χ4n) is 3.15. The molecule has 2 aromatic rings. The van der Waals surface area contributed by atoms with Gasteiger partial charge in [0.1, 0.15) is 18.0 Å². The highest BCUT2D eigenvalue weighted by molar-refractivity contribution is 5.79. The molecule has 3 heterocycles. The van der Waals surface area contributed by atoms with Crippen molar-refractivity contribution in [2.75, 3.05) is 24.5 Å². The monoisotopic (exact) mass is 370 g/mol. The molecule has 0 saturated carbocycles. The first-order valence-corrected chi connectivity index (χ1v) is 9.81. The summed E-state index contributed by atoms with van der Waals surface area (Å²) in [5, 5.41) is 10.6. The van der Waals surface area contributed by atoms with Gasteiger partial charge in [-0.2, -0.15) is 5.10 Å². The smallest absolute Gasteiger partial charge is 0.191 e. The number of aryl methyl sites for hydroxylation is 1. The van der Waals surface area contributed by atoms with Gasteiger partial charge >= 0.3 is 0 Å². The Labute approximate surface area is 161 Å². The minimum absolute atomic E-state index is 0.578. The van der Waals surface area contributed by atoms with E-state index in [1.165, 1.54) is 25.7 Å². The van der Waals surface area contributed by atoms with Gasteiger partial charge in [-0.15, -0.1) is 0 Å². The van der Waals surface area contributed by atoms with Crippen LogP contribution in [-0.4, -0.2) is 45.3 Å². The molecule has 146 valence electrons. The van der Waals surface area contributed by atoms with Crippen LogP contribution < -0.4 is 15.5 Å². The summed E-state index contributed by atoms with van der Waals surface area (Å²) >= 11 is 0. The van der Waals surface area contributed by atoms with Crippen LogP contribution in [0.4, 0.5) is 5.82 Å². The van der Waals surface area contributed by atoms with E-state index in [0.29, 0.717) is 13.1 Å². The molecule has 2 N–H and O–H groups in total. The van der Waals surface area contributed by atoms with E-state index in [1.54, 1.807) is 11.0 Å². The minimum Gasteiger partial charge on any atom is -0.357 e. The number of hydrogen-bond donors (Lipinski definition) is 2. The molecule has 0 aliphatic carbocycles. The van der Waals surface area contributed by atoms with Crippen molar-refractivity contribution in [1.82, 2.24) is 30.4 Å². The molecule has 0 amide bonds. The van der Waals surface area contributed by atoms with Gasteiger partial charge in [0.25, 0.3) is 0 Å². The molecule has 3 rings (SSSR count). The maximum Gasteiger partial charge on any atom is 0.191 e. The van der Waals surface area contributed by atoms with Gasteiger partial charge in [-0.1, -0.05) is 18.9 Å². The van der Waals surface area contributed by atoms with Crippen molar-refractivity contribution in [3.8, 4) is 0 Å². The lowest BCUT2D eigenvalue weighted by atomic mass is 10.2. The first-order chi connectivity index (χ1) is 13.3. The van der Waals surface area contributed by atoms with Gasteiger partial charge in [-0.05, 0) is 31.4 Å². The molecule has 0 unspecified atom stereocenters. The Balaban J connectivity index is 1.57. The molecule has 1 aliphatic rings. The lowest BCUT2D eigenvalue weighted by Crippen LogP contribution is -2.37. The van der Waals surface area contributed by atoms with E-state index in [1.807, 2.05) is 13.2 Å². The van der Waals surface area contributed by atoms with Crippen molar-refractivity contribution >= 4 is 11.8 Å². The molecule has 0 radical (unpaired) electrons. The Bertz CT molecular complexity index is 714. The normalized spacial score (nSPS) is 15.5. The quantitative estimate of drug-likeness (QED) is 0.596. The van der Waals surface area contributed by atoms with Crippen molar-refractivity contribution in [3.63, 3.8) is 0 Å². The van der Waals surface area contributed by atoms with Gasteiger partial charge < -0.3 is 15.5 Å². The van der Waals surface area contributed by atoms with Crippen LogP contribution in [0.15, 0.2) is 29.6 Å². The molecule has 1 fully saturated rings. The molecular formula is C19H30N8. The standard InChI is InChI=1S/C19H30N8/c1-3-20-19(23-14-18-24-15-25-26(18)2)22-13-16-8-9-17(21-12-16)27-10-6-4-5-7-11-27/h8-9,12,15H,3-7,10-11,13-14H2,1-2H3,(H2,20,22,23). The van der Waals surface area contributed by atoms with Gasteiger partial charge in [0.05, 0.1) is 13.1 Å². The molecule has 2 aromatic heterocycles. The molecule has 1 saturated heterocycles. The summed E-state index contributed by atoms with van der Waals surface area (Å²) in [5.41, 5.74) is 1.10. The van der Waals surface area contributed by atoms with Gasteiger partial charge in [0, 0.05) is 32.9 Å². The second-order valence-electron chi connectivity index (χ2n) is 6.77. The fraction of sp³-hybridized carbons (Fsp3) is 0.579. The van der Waals surface area contributed by atoms with Crippen molar-refractivity contribution in [2.24, 2.45) is 12.0 Å². The lowest BCUT2D eigenvalue weighted by Gasteiger charge is -2.21. The Morgan fingerprint density at radius 3 is 2.56 bits per heavy atom. The maximum atomic E-state index is 4.66. The fourth-order valence-corrected chi connectivity index (χ4v) is 3.15. The third-order valence-electron chi connectivity index (χ3n) is 4.72. The van der Waals surface area contributed by atoms with E-state index < -0.39 is 0 Å². The SMILES string of the molecule is CCNC(=NCc1ccc(N2CCCCCC2)nc1)NCc1ncnn1C. The van der Waals surface area contributed by atoms with Crippen LogP contribution in [0.25, 0.3) is 0 Å². The third kappa shape index (κ3) is 5.67. The van der Waals surface area contributed by atoms with Gasteiger partial charge in [-0.25, -0.2) is 15.0 Å². The molecule has 8 heteroatoms. The topological polar surface area (TPSA) is 83.3 Å². The van der Waals surface area contributed by atoms with Crippen LogP contribution in [0.5, 0.6) is 0 Å². The molecule has 0 atom stereocenters. The van der Waals surface area contributed by atoms with Crippen LogP contribution in [0, 0.1) is 0 Å². The molecule has 8 nitrogen and oxygen atoms in total. The highest BCUT2D eigenvalue weighted by Gasteiger charge is 2.10. The van der Waals surface area contributed by atoms with E-state index in [0.717, 1.165) is 42.8 Å². The van der Waals surface area contributed by atoms with Crippen LogP contribution in [0.1, 0.15) is 44.0 Å². The van der Waals surface area contributed by atoms with Crippen LogP contribution in [0.3, 0.4) is 0 Å². The summed E-state index contributed by atoms with van der Waals surface area (Å²) in [6, 6.07) is 4.25. The second-order valence-corrected chi connectivity index (χ2v) is 6.77. The van der Waals surface area contributed by atoms with Crippen LogP contribution in [-0.2, 0) is 20.1 Å². The Kier molecular flexibility index (Phi) is 7.01. The van der Waals surface area contributed by atoms with Crippen LogP contribution >= 0.6 is 0 Å². The molecular weight excluding hydrogens is 340 g/mol. The molecule has 27 heavy (non-hydrogen) atoms. The molecule has 0 aromatic carbocycles. The van der Waals surface area contributed by atoms with E-state index in [4.69, 9.17) is 0 Å². The number of anilines is 1.